The molecule has 35 heavy (non-hydrogen) atoms. The van der Waals surface area contributed by atoms with Crippen LogP contribution in [0.4, 0.5) is 11.4 Å². The summed E-state index contributed by atoms with van der Waals surface area (Å²) in [5.41, 5.74) is 9.46. The summed E-state index contributed by atoms with van der Waals surface area (Å²) in [5.74, 6) is 0.823. The predicted octanol–water partition coefficient (Wildman–Crippen LogP) is 7.41. The van der Waals surface area contributed by atoms with Crippen molar-refractivity contribution in [1.82, 2.24) is 0 Å². The van der Waals surface area contributed by atoms with E-state index in [-0.39, 0.29) is 10.8 Å². The first-order valence-electron chi connectivity index (χ1n) is 12.3. The fraction of sp³-hybridized carbons (Fsp3) is 0.400. The van der Waals surface area contributed by atoms with Gasteiger partial charge in [-0.3, -0.25) is 0 Å². The highest BCUT2D eigenvalue weighted by molar-refractivity contribution is 7.55. The topological polar surface area (TPSA) is 58.7 Å². The zero-order valence-electron chi connectivity index (χ0n) is 22.7. The van der Waals surface area contributed by atoms with Crippen molar-refractivity contribution < 1.29 is 9.42 Å². The number of nitrogens with zero attached hydrogens (tertiary/aromatic N) is 1. The van der Waals surface area contributed by atoms with Gasteiger partial charge in [0.05, 0.1) is 0 Å². The third kappa shape index (κ3) is 8.26. The number of nitrogens with two attached hydrogens (primary N) is 1. The Balaban J connectivity index is 0.000000527. The molecule has 0 saturated heterocycles. The van der Waals surface area contributed by atoms with Crippen LogP contribution in [-0.2, 0) is 10.8 Å². The summed E-state index contributed by atoms with van der Waals surface area (Å²) in [6.07, 6.45) is 0. The first kappa shape index (κ1) is 28.7. The van der Waals surface area contributed by atoms with E-state index < -0.39 is 8.38 Å². The maximum Gasteiger partial charge on any atom is 0.262 e. The SMILES string of the molecule is CCN(CC)c1ccc(P(O)Oc2c(C(C)(C)C)cccc2C(C)(C)C)cc1.Nc1ccccc1. The van der Waals surface area contributed by atoms with E-state index >= 15 is 0 Å². The Morgan fingerprint density at radius 1 is 0.743 bits per heavy atom. The second kappa shape index (κ2) is 12.4. The third-order valence-corrected chi connectivity index (χ3v) is 6.90. The first-order chi connectivity index (χ1) is 16.4. The molecule has 0 aliphatic heterocycles. The third-order valence-electron chi connectivity index (χ3n) is 5.81. The summed E-state index contributed by atoms with van der Waals surface area (Å²) in [6.45, 7) is 19.3. The Hall–Kier alpha value is -2.55. The van der Waals surface area contributed by atoms with Crippen molar-refractivity contribution in [2.75, 3.05) is 23.7 Å². The van der Waals surface area contributed by atoms with Gasteiger partial charge in [0.15, 0.2) is 0 Å². The second-order valence-electron chi connectivity index (χ2n) is 10.6. The molecule has 190 valence electrons. The highest BCUT2D eigenvalue weighted by Crippen LogP contribution is 2.45. The van der Waals surface area contributed by atoms with Gasteiger partial charge in [-0.1, -0.05) is 77.9 Å². The molecule has 5 heteroatoms. The number of nitrogen functional groups attached to an aromatic ring is 1. The van der Waals surface area contributed by atoms with Gasteiger partial charge in [-0.05, 0) is 61.1 Å². The molecule has 0 aliphatic rings. The number of anilines is 2. The molecule has 1 unspecified atom stereocenters. The van der Waals surface area contributed by atoms with Crippen LogP contribution in [0.5, 0.6) is 5.75 Å². The molecule has 4 nitrogen and oxygen atoms in total. The van der Waals surface area contributed by atoms with E-state index in [1.165, 1.54) is 5.69 Å². The van der Waals surface area contributed by atoms with Gasteiger partial charge in [0.25, 0.3) is 8.38 Å². The number of rotatable bonds is 6. The van der Waals surface area contributed by atoms with Crippen LogP contribution in [0.3, 0.4) is 0 Å². The van der Waals surface area contributed by atoms with Gasteiger partial charge in [0.2, 0.25) is 0 Å². The normalized spacial score (nSPS) is 12.4. The molecule has 3 aromatic rings. The quantitative estimate of drug-likeness (QED) is 0.277. The van der Waals surface area contributed by atoms with Crippen molar-refractivity contribution in [2.45, 2.75) is 66.2 Å². The molecule has 3 rings (SSSR count). The largest absolute Gasteiger partial charge is 0.443 e. The van der Waals surface area contributed by atoms with Gasteiger partial charge < -0.3 is 20.1 Å². The molecule has 0 heterocycles. The molecular weight excluding hydrogens is 451 g/mol. The fourth-order valence-electron chi connectivity index (χ4n) is 3.79. The van der Waals surface area contributed by atoms with Crippen molar-refractivity contribution in [2.24, 2.45) is 0 Å². The lowest BCUT2D eigenvalue weighted by Crippen LogP contribution is -2.22. The molecule has 0 saturated carbocycles. The Labute approximate surface area is 214 Å². The van der Waals surface area contributed by atoms with E-state index in [4.69, 9.17) is 10.3 Å². The Bertz CT molecular complexity index is 1000. The Kier molecular flexibility index (Phi) is 10.2. The Morgan fingerprint density at radius 3 is 1.60 bits per heavy atom. The maximum absolute atomic E-state index is 10.9. The van der Waals surface area contributed by atoms with Crippen LogP contribution in [-0.4, -0.2) is 18.0 Å². The minimum atomic E-state index is -1.74. The number of para-hydroxylation sites is 2. The second-order valence-corrected chi connectivity index (χ2v) is 11.9. The lowest BCUT2D eigenvalue weighted by molar-refractivity contribution is 0.460. The maximum atomic E-state index is 10.9. The summed E-state index contributed by atoms with van der Waals surface area (Å²) in [4.78, 5) is 13.2. The monoisotopic (exact) mass is 494 g/mol. The average molecular weight is 495 g/mol. The molecule has 1 atom stereocenters. The lowest BCUT2D eigenvalue weighted by Gasteiger charge is -2.30. The van der Waals surface area contributed by atoms with Crippen LogP contribution < -0.4 is 20.5 Å². The molecule has 0 aromatic heterocycles. The lowest BCUT2D eigenvalue weighted by atomic mass is 9.80. The van der Waals surface area contributed by atoms with Gasteiger partial charge in [0, 0.05) is 40.9 Å². The van der Waals surface area contributed by atoms with E-state index in [2.05, 4.69) is 90.6 Å². The van der Waals surface area contributed by atoms with Crippen molar-refractivity contribution in [3.8, 4) is 5.75 Å². The van der Waals surface area contributed by atoms with Crippen LogP contribution in [0, 0.1) is 0 Å². The molecule has 3 N–H and O–H groups in total. The van der Waals surface area contributed by atoms with E-state index in [9.17, 15) is 4.89 Å². The van der Waals surface area contributed by atoms with Crippen LogP contribution in [0.2, 0.25) is 0 Å². The van der Waals surface area contributed by atoms with Crippen molar-refractivity contribution in [1.29, 1.82) is 0 Å². The molecule has 0 fully saturated rings. The van der Waals surface area contributed by atoms with E-state index in [1.54, 1.807) is 0 Å². The minimum absolute atomic E-state index is 0.0701. The van der Waals surface area contributed by atoms with Crippen LogP contribution >= 0.6 is 8.38 Å². The van der Waals surface area contributed by atoms with Gasteiger partial charge in [0.1, 0.15) is 5.75 Å². The standard InChI is InChI=1S/C24H36NO2P.C6H7N/c1-9-25(10-2)18-14-16-19(17-15-18)28(26)27-22-20(23(3,4)5)12-11-13-21(22)24(6,7)8;7-6-4-2-1-3-5-6/h11-17,26H,9-10H2,1-8H3;1-5H,7H2. The fourth-order valence-corrected chi connectivity index (χ4v) is 4.67. The predicted molar refractivity (Wildman–Crippen MR) is 154 cm³/mol. The number of benzene rings is 3. The average Bonchev–Trinajstić information content (AvgIpc) is 2.80. The zero-order valence-corrected chi connectivity index (χ0v) is 23.6. The molecular formula is C30H43N2O2P. The molecule has 0 bridgehead atoms. The minimum Gasteiger partial charge on any atom is -0.443 e. The smallest absolute Gasteiger partial charge is 0.262 e. The van der Waals surface area contributed by atoms with Crippen molar-refractivity contribution >= 4 is 25.1 Å². The van der Waals surface area contributed by atoms with E-state index in [1.807, 2.05) is 42.5 Å². The first-order valence-corrected chi connectivity index (χ1v) is 13.6. The highest BCUT2D eigenvalue weighted by Gasteiger charge is 2.28. The number of hydrogen-bond acceptors (Lipinski definition) is 4. The van der Waals surface area contributed by atoms with Gasteiger partial charge in [-0.25, -0.2) is 0 Å². The summed E-state index contributed by atoms with van der Waals surface area (Å²) in [6, 6.07) is 23.9. The summed E-state index contributed by atoms with van der Waals surface area (Å²) >= 11 is 0. The molecule has 0 amide bonds. The van der Waals surface area contributed by atoms with Gasteiger partial charge in [-0.2, -0.15) is 0 Å². The number of hydrogen-bond donors (Lipinski definition) is 2. The Morgan fingerprint density at radius 2 is 1.23 bits per heavy atom. The van der Waals surface area contributed by atoms with Crippen LogP contribution in [0.1, 0.15) is 66.5 Å². The molecule has 0 radical (unpaired) electrons. The van der Waals surface area contributed by atoms with Gasteiger partial charge in [-0.15, -0.1) is 0 Å². The van der Waals surface area contributed by atoms with Crippen molar-refractivity contribution in [3.63, 3.8) is 0 Å². The highest BCUT2D eigenvalue weighted by atomic mass is 31.2. The zero-order chi connectivity index (χ0) is 26.2. The summed E-state index contributed by atoms with van der Waals surface area (Å²) < 4.78 is 6.28. The molecule has 0 spiro atoms. The van der Waals surface area contributed by atoms with Crippen LogP contribution in [0.25, 0.3) is 0 Å². The van der Waals surface area contributed by atoms with Crippen LogP contribution in [0.15, 0.2) is 72.8 Å². The summed E-state index contributed by atoms with van der Waals surface area (Å²) in [7, 11) is -1.74. The molecule has 0 aliphatic carbocycles. The van der Waals surface area contributed by atoms with E-state index in [0.29, 0.717) is 0 Å². The summed E-state index contributed by atoms with van der Waals surface area (Å²) in [5, 5.41) is 0.828. The van der Waals surface area contributed by atoms with Gasteiger partial charge >= 0.3 is 0 Å². The molecule has 3 aromatic carbocycles. The van der Waals surface area contributed by atoms with Crippen molar-refractivity contribution in [3.05, 3.63) is 83.9 Å². The van der Waals surface area contributed by atoms with E-state index in [0.717, 1.165) is 41.0 Å².